The molecule has 1 aliphatic heterocycles. The number of anilines is 1. The van der Waals surface area contributed by atoms with Crippen LogP contribution in [0.1, 0.15) is 58.9 Å². The summed E-state index contributed by atoms with van der Waals surface area (Å²) in [4.78, 5) is 19.5. The monoisotopic (exact) mass is 612 g/mol. The number of amidine groups is 1. The van der Waals surface area contributed by atoms with Crippen LogP contribution in [-0.4, -0.2) is 80.6 Å². The molecule has 43 heavy (non-hydrogen) atoms. The van der Waals surface area contributed by atoms with Crippen LogP contribution >= 0.6 is 11.6 Å². The van der Waals surface area contributed by atoms with Gasteiger partial charge in [0, 0.05) is 55.7 Å². The number of amides is 1. The van der Waals surface area contributed by atoms with Gasteiger partial charge < -0.3 is 20.1 Å². The number of ether oxygens (including phenoxy) is 2. The third-order valence-electron chi connectivity index (χ3n) is 6.67. The molecule has 1 amide bonds. The van der Waals surface area contributed by atoms with Crippen molar-refractivity contribution < 1.29 is 14.3 Å². The molecule has 9 nitrogen and oxygen atoms in total. The van der Waals surface area contributed by atoms with Gasteiger partial charge in [-0.25, -0.2) is 0 Å². The van der Waals surface area contributed by atoms with Crippen molar-refractivity contribution in [3.05, 3.63) is 59.2 Å². The molecule has 1 aromatic rings. The Morgan fingerprint density at radius 2 is 1.95 bits per heavy atom. The second-order valence-corrected chi connectivity index (χ2v) is 10.5. The van der Waals surface area contributed by atoms with E-state index < -0.39 is 0 Å². The lowest BCUT2D eigenvalue weighted by atomic mass is 10.2. The first-order chi connectivity index (χ1) is 20.9. The molecule has 0 bridgehead atoms. The van der Waals surface area contributed by atoms with Crippen LogP contribution < -0.4 is 15.4 Å². The number of hydrogen-bond donors (Lipinski definition) is 2. The highest BCUT2D eigenvalue weighted by atomic mass is 35.5. The van der Waals surface area contributed by atoms with Crippen molar-refractivity contribution in [2.24, 2.45) is 15.2 Å². The highest BCUT2D eigenvalue weighted by molar-refractivity contribution is 6.44. The second-order valence-electron chi connectivity index (χ2n) is 10.3. The summed E-state index contributed by atoms with van der Waals surface area (Å²) in [5.41, 5.74) is 5.36. The van der Waals surface area contributed by atoms with Gasteiger partial charge in [0.2, 0.25) is 0 Å². The molecule has 1 aliphatic rings. The highest BCUT2D eigenvalue weighted by Crippen LogP contribution is 2.22. The standard InChI is InChI=1S/C33H49ClN6O3/c1-6-8-9-13-29(25-34)33(41)36-17-11-10-16-35-32(28(5)39-38-27(4)12-7-2)37-31-24-30(15-14-26(31)3)43-23-20-40-18-21-42-22-19-40/h6,8-9,13-15,24-25H,7,10-12,16-23H2,1-5H3,(H,35,37)(H,36,41)/b8-6-,13-9-,29-25-,38-27-,39-28+. The molecule has 0 aromatic heterocycles. The number of allylic oxidation sites excluding steroid dienone is 3. The molecule has 10 heteroatoms. The number of aliphatic imine (C=N–C) groups is 1. The van der Waals surface area contributed by atoms with E-state index in [2.05, 4.69) is 32.7 Å². The Morgan fingerprint density at radius 1 is 1.16 bits per heavy atom. The van der Waals surface area contributed by atoms with Crippen LogP contribution in [0.4, 0.5) is 5.69 Å². The van der Waals surface area contributed by atoms with E-state index in [4.69, 9.17) is 26.1 Å². The van der Waals surface area contributed by atoms with Crippen LogP contribution in [0.15, 0.2) is 68.8 Å². The Hall–Kier alpha value is -3.27. The van der Waals surface area contributed by atoms with Crippen molar-refractivity contribution in [1.29, 1.82) is 0 Å². The normalized spacial score (nSPS) is 15.9. The molecule has 2 N–H and O–H groups in total. The fourth-order valence-corrected chi connectivity index (χ4v) is 4.27. The first kappa shape index (κ1) is 35.9. The quantitative estimate of drug-likeness (QED) is 0.0537. The Balaban J connectivity index is 2.03. The molecule has 1 fully saturated rings. The van der Waals surface area contributed by atoms with Gasteiger partial charge in [0.1, 0.15) is 23.9 Å². The summed E-state index contributed by atoms with van der Waals surface area (Å²) >= 11 is 5.82. The molecule has 1 heterocycles. The number of hydrogen-bond acceptors (Lipinski definition) is 7. The molecule has 0 atom stereocenters. The minimum absolute atomic E-state index is 0.201. The average Bonchev–Trinajstić information content (AvgIpc) is 3.01. The summed E-state index contributed by atoms with van der Waals surface area (Å²) in [5, 5.41) is 15.3. The van der Waals surface area contributed by atoms with Crippen molar-refractivity contribution in [2.75, 3.05) is 57.9 Å². The number of morpholine rings is 1. The van der Waals surface area contributed by atoms with Crippen LogP contribution in [0.25, 0.3) is 0 Å². The molecule has 0 saturated carbocycles. The van der Waals surface area contributed by atoms with Crippen molar-refractivity contribution in [3.8, 4) is 5.75 Å². The molecule has 2 rings (SSSR count). The van der Waals surface area contributed by atoms with E-state index >= 15 is 0 Å². The smallest absolute Gasteiger partial charge is 0.252 e. The van der Waals surface area contributed by atoms with Crippen molar-refractivity contribution in [1.82, 2.24) is 10.2 Å². The van der Waals surface area contributed by atoms with Crippen LogP contribution in [0, 0.1) is 6.92 Å². The van der Waals surface area contributed by atoms with Crippen LogP contribution in [-0.2, 0) is 9.53 Å². The third-order valence-corrected chi connectivity index (χ3v) is 6.90. The summed E-state index contributed by atoms with van der Waals surface area (Å²) in [6.45, 7) is 16.0. The zero-order chi connectivity index (χ0) is 31.3. The molecule has 1 aromatic carbocycles. The molecule has 236 valence electrons. The Bertz CT molecular complexity index is 1180. The van der Waals surface area contributed by atoms with Crippen molar-refractivity contribution >= 4 is 40.5 Å². The molecule has 0 spiro atoms. The zero-order valence-corrected chi connectivity index (χ0v) is 27.3. The van der Waals surface area contributed by atoms with Crippen LogP contribution in [0.5, 0.6) is 5.75 Å². The molecule has 0 aliphatic carbocycles. The number of unbranched alkanes of at least 4 members (excludes halogenated alkanes) is 1. The van der Waals surface area contributed by atoms with Gasteiger partial charge in [-0.1, -0.05) is 49.2 Å². The Kier molecular flexibility index (Phi) is 17.9. The number of rotatable bonds is 17. The van der Waals surface area contributed by atoms with E-state index in [1.807, 2.05) is 58.0 Å². The first-order valence-electron chi connectivity index (χ1n) is 15.2. The minimum Gasteiger partial charge on any atom is -0.492 e. The van der Waals surface area contributed by atoms with E-state index in [1.54, 1.807) is 12.2 Å². The number of carbonyl (C=O) groups is 1. The lowest BCUT2D eigenvalue weighted by molar-refractivity contribution is -0.117. The maximum Gasteiger partial charge on any atom is 0.252 e. The predicted octanol–water partition coefficient (Wildman–Crippen LogP) is 6.30. The fourth-order valence-electron chi connectivity index (χ4n) is 4.10. The molecule has 1 saturated heterocycles. The van der Waals surface area contributed by atoms with Gasteiger partial charge >= 0.3 is 0 Å². The van der Waals surface area contributed by atoms with E-state index in [9.17, 15) is 4.79 Å². The van der Waals surface area contributed by atoms with E-state index in [-0.39, 0.29) is 5.91 Å². The maximum atomic E-state index is 12.4. The summed E-state index contributed by atoms with van der Waals surface area (Å²) in [6, 6.07) is 6.04. The summed E-state index contributed by atoms with van der Waals surface area (Å²) in [6.07, 6.45) is 10.7. The lowest BCUT2D eigenvalue weighted by Gasteiger charge is -2.26. The number of aryl methyl sites for hydroxylation is 1. The number of carbonyl (C=O) groups excluding carboxylic acids is 1. The lowest BCUT2D eigenvalue weighted by Crippen LogP contribution is -2.38. The van der Waals surface area contributed by atoms with E-state index in [1.165, 1.54) is 5.54 Å². The average molecular weight is 613 g/mol. The summed E-state index contributed by atoms with van der Waals surface area (Å²) in [7, 11) is 0. The van der Waals surface area contributed by atoms with Gasteiger partial charge in [0.05, 0.1) is 18.8 Å². The second kappa shape index (κ2) is 21.4. The van der Waals surface area contributed by atoms with Crippen molar-refractivity contribution in [2.45, 2.75) is 60.3 Å². The Labute approximate surface area is 262 Å². The predicted molar refractivity (Wildman–Crippen MR) is 181 cm³/mol. The van der Waals surface area contributed by atoms with E-state index in [0.717, 1.165) is 81.2 Å². The minimum atomic E-state index is -0.201. The molecule has 0 radical (unpaired) electrons. The Morgan fingerprint density at radius 3 is 2.67 bits per heavy atom. The van der Waals surface area contributed by atoms with Crippen LogP contribution in [0.3, 0.4) is 0 Å². The summed E-state index contributed by atoms with van der Waals surface area (Å²) < 4.78 is 11.5. The first-order valence-corrected chi connectivity index (χ1v) is 15.6. The molecular formula is C33H49ClN6O3. The topological polar surface area (TPSA) is 99.9 Å². The van der Waals surface area contributed by atoms with Gasteiger partial charge in [-0.3, -0.25) is 14.7 Å². The SMILES string of the molecule is C\C=C/C=C\C(=C\Cl)C(=O)NCCCCN=C(Nc1cc(OCCN2CCOCC2)ccc1C)/C(C)=N/N=C(/C)CCC. The zero-order valence-electron chi connectivity index (χ0n) is 26.5. The summed E-state index contributed by atoms with van der Waals surface area (Å²) in [5.74, 6) is 1.26. The van der Waals surface area contributed by atoms with Gasteiger partial charge in [-0.2, -0.15) is 10.2 Å². The van der Waals surface area contributed by atoms with Gasteiger partial charge in [-0.05, 0) is 64.7 Å². The van der Waals surface area contributed by atoms with E-state index in [0.29, 0.717) is 36.8 Å². The third kappa shape index (κ3) is 14.6. The number of halogens is 1. The largest absolute Gasteiger partial charge is 0.492 e. The van der Waals surface area contributed by atoms with Crippen molar-refractivity contribution in [3.63, 3.8) is 0 Å². The fraction of sp³-hybridized carbons (Fsp3) is 0.515. The number of nitrogens with zero attached hydrogens (tertiary/aromatic N) is 4. The van der Waals surface area contributed by atoms with Gasteiger partial charge in [-0.15, -0.1) is 0 Å². The highest BCUT2D eigenvalue weighted by Gasteiger charge is 2.12. The number of nitrogens with one attached hydrogen (secondary N) is 2. The molecule has 0 unspecified atom stereocenters. The number of benzene rings is 1. The molecular weight excluding hydrogens is 564 g/mol. The van der Waals surface area contributed by atoms with Gasteiger partial charge in [0.25, 0.3) is 5.91 Å². The van der Waals surface area contributed by atoms with Gasteiger partial charge in [0.15, 0.2) is 0 Å². The van der Waals surface area contributed by atoms with Crippen LogP contribution in [0.2, 0.25) is 0 Å². The maximum absolute atomic E-state index is 12.4.